The van der Waals surface area contributed by atoms with Gasteiger partial charge in [0.05, 0.1) is 24.5 Å². The molecule has 0 spiro atoms. The van der Waals surface area contributed by atoms with E-state index in [2.05, 4.69) is 10.3 Å². The molecule has 2 aromatic carbocycles. The van der Waals surface area contributed by atoms with Crippen LogP contribution in [0.5, 0.6) is 5.75 Å². The third-order valence-corrected chi connectivity index (χ3v) is 5.00. The third-order valence-electron chi connectivity index (χ3n) is 4.75. The predicted molar refractivity (Wildman–Crippen MR) is 113 cm³/mol. The fourth-order valence-electron chi connectivity index (χ4n) is 3.27. The van der Waals surface area contributed by atoms with Crippen LogP contribution in [0.4, 0.5) is 10.5 Å². The second-order valence-corrected chi connectivity index (χ2v) is 7.14. The molecule has 0 aliphatic carbocycles. The first-order valence-corrected chi connectivity index (χ1v) is 9.90. The number of halogens is 1. The summed E-state index contributed by atoms with van der Waals surface area (Å²) in [6.45, 7) is 3.52. The van der Waals surface area contributed by atoms with Crippen molar-refractivity contribution in [1.29, 1.82) is 0 Å². The number of fused-ring (bicyclic) bond motifs is 1. The van der Waals surface area contributed by atoms with Crippen LogP contribution in [0.3, 0.4) is 0 Å². The molecular formula is C22H21ClN4O2. The number of nitrogens with zero attached hydrogens (tertiary/aromatic N) is 3. The van der Waals surface area contributed by atoms with Gasteiger partial charge in [-0.2, -0.15) is 0 Å². The van der Waals surface area contributed by atoms with Gasteiger partial charge in [0.15, 0.2) is 5.82 Å². The van der Waals surface area contributed by atoms with Crippen molar-refractivity contribution in [2.45, 2.75) is 19.9 Å². The van der Waals surface area contributed by atoms with Gasteiger partial charge >= 0.3 is 6.03 Å². The highest BCUT2D eigenvalue weighted by molar-refractivity contribution is 6.30. The molecular weight excluding hydrogens is 388 g/mol. The topological polar surface area (TPSA) is 67.3 Å². The number of carbonyl (C=O) groups excluding carboxylic acids is 1. The highest BCUT2D eigenvalue weighted by Crippen LogP contribution is 2.26. The van der Waals surface area contributed by atoms with Crippen molar-refractivity contribution in [3.8, 4) is 17.1 Å². The zero-order chi connectivity index (χ0) is 20.2. The molecule has 1 aromatic heterocycles. The summed E-state index contributed by atoms with van der Waals surface area (Å²) in [5.74, 6) is 1.33. The number of urea groups is 1. The quantitative estimate of drug-likeness (QED) is 0.674. The number of ether oxygens (including phenoxy) is 1. The zero-order valence-electron chi connectivity index (χ0n) is 16.1. The third kappa shape index (κ3) is 4.32. The van der Waals surface area contributed by atoms with Gasteiger partial charge in [0.1, 0.15) is 5.75 Å². The van der Waals surface area contributed by atoms with Gasteiger partial charge in [-0.25, -0.2) is 14.8 Å². The number of carbonyl (C=O) groups is 1. The van der Waals surface area contributed by atoms with E-state index >= 15 is 0 Å². The molecule has 1 aliphatic rings. The lowest BCUT2D eigenvalue weighted by Crippen LogP contribution is -2.39. The molecule has 2 heterocycles. The molecule has 29 heavy (non-hydrogen) atoms. The molecule has 1 aliphatic heterocycles. The van der Waals surface area contributed by atoms with E-state index in [9.17, 15) is 4.79 Å². The van der Waals surface area contributed by atoms with Gasteiger partial charge in [0.25, 0.3) is 0 Å². The van der Waals surface area contributed by atoms with Crippen molar-refractivity contribution in [3.63, 3.8) is 0 Å². The van der Waals surface area contributed by atoms with E-state index in [0.717, 1.165) is 16.8 Å². The standard InChI is InChI=1S/C22H21ClN4O2/c1-2-29-20-6-4-3-5-19(20)26-22(28)27-12-11-18-16(14-27)13-24-21(25-18)15-7-9-17(23)10-8-15/h3-10,13H,2,11-12,14H2,1H3,(H,26,28). The van der Waals surface area contributed by atoms with E-state index in [1.807, 2.05) is 55.5 Å². The van der Waals surface area contributed by atoms with E-state index in [1.165, 1.54) is 0 Å². The van der Waals surface area contributed by atoms with Gasteiger partial charge in [-0.1, -0.05) is 23.7 Å². The lowest BCUT2D eigenvalue weighted by atomic mass is 10.1. The van der Waals surface area contributed by atoms with Crippen LogP contribution in [0.1, 0.15) is 18.2 Å². The smallest absolute Gasteiger partial charge is 0.322 e. The summed E-state index contributed by atoms with van der Waals surface area (Å²) in [7, 11) is 0. The fraction of sp³-hybridized carbons (Fsp3) is 0.227. The Kier molecular flexibility index (Phi) is 5.62. The van der Waals surface area contributed by atoms with Crippen LogP contribution >= 0.6 is 11.6 Å². The monoisotopic (exact) mass is 408 g/mol. The Hall–Kier alpha value is -3.12. The Morgan fingerprint density at radius 2 is 2.00 bits per heavy atom. The lowest BCUT2D eigenvalue weighted by molar-refractivity contribution is 0.205. The molecule has 7 heteroatoms. The van der Waals surface area contributed by atoms with Crippen molar-refractivity contribution in [2.75, 3.05) is 18.5 Å². The van der Waals surface area contributed by atoms with E-state index in [-0.39, 0.29) is 6.03 Å². The summed E-state index contributed by atoms with van der Waals surface area (Å²) in [4.78, 5) is 23.7. The molecule has 2 amide bonds. The van der Waals surface area contributed by atoms with Gasteiger partial charge in [0, 0.05) is 35.3 Å². The van der Waals surface area contributed by atoms with E-state index in [1.54, 1.807) is 11.1 Å². The minimum Gasteiger partial charge on any atom is -0.492 e. The second-order valence-electron chi connectivity index (χ2n) is 6.70. The maximum atomic E-state index is 12.8. The minimum absolute atomic E-state index is 0.162. The summed E-state index contributed by atoms with van der Waals surface area (Å²) in [5.41, 5.74) is 3.52. The molecule has 0 radical (unpaired) electrons. The van der Waals surface area contributed by atoms with Gasteiger partial charge in [-0.05, 0) is 43.3 Å². The maximum absolute atomic E-state index is 12.8. The second kappa shape index (κ2) is 8.49. The van der Waals surface area contributed by atoms with Crippen molar-refractivity contribution in [1.82, 2.24) is 14.9 Å². The van der Waals surface area contributed by atoms with Crippen LogP contribution < -0.4 is 10.1 Å². The molecule has 148 valence electrons. The number of para-hydroxylation sites is 2. The van der Waals surface area contributed by atoms with Gasteiger partial charge in [0.2, 0.25) is 0 Å². The number of amides is 2. The molecule has 0 saturated carbocycles. The van der Waals surface area contributed by atoms with Crippen molar-refractivity contribution < 1.29 is 9.53 Å². The number of hydrogen-bond donors (Lipinski definition) is 1. The van der Waals surface area contributed by atoms with Crippen LogP contribution in [0.2, 0.25) is 5.02 Å². The normalized spacial score (nSPS) is 13.0. The molecule has 0 saturated heterocycles. The molecule has 0 unspecified atom stereocenters. The Bertz CT molecular complexity index is 1020. The number of nitrogens with one attached hydrogen (secondary N) is 1. The molecule has 6 nitrogen and oxygen atoms in total. The van der Waals surface area contributed by atoms with Crippen LogP contribution in [0.15, 0.2) is 54.7 Å². The molecule has 0 atom stereocenters. The summed E-state index contributed by atoms with van der Waals surface area (Å²) >= 11 is 5.95. The minimum atomic E-state index is -0.162. The zero-order valence-corrected chi connectivity index (χ0v) is 16.8. The Morgan fingerprint density at radius 1 is 1.21 bits per heavy atom. The fourth-order valence-corrected chi connectivity index (χ4v) is 3.40. The number of anilines is 1. The first-order chi connectivity index (χ1) is 14.1. The first-order valence-electron chi connectivity index (χ1n) is 9.52. The Labute approximate surface area is 174 Å². The van der Waals surface area contributed by atoms with Crippen molar-refractivity contribution in [3.05, 3.63) is 71.0 Å². The predicted octanol–water partition coefficient (Wildman–Crippen LogP) is 4.79. The number of rotatable bonds is 4. The summed E-state index contributed by atoms with van der Waals surface area (Å²) < 4.78 is 5.58. The highest BCUT2D eigenvalue weighted by atomic mass is 35.5. The number of aromatic nitrogens is 2. The van der Waals surface area contributed by atoms with Crippen molar-refractivity contribution in [2.24, 2.45) is 0 Å². The van der Waals surface area contributed by atoms with Crippen LogP contribution in [0, 0.1) is 0 Å². The SMILES string of the molecule is CCOc1ccccc1NC(=O)N1CCc2nc(-c3ccc(Cl)cc3)ncc2C1. The maximum Gasteiger partial charge on any atom is 0.322 e. The largest absolute Gasteiger partial charge is 0.492 e. The summed E-state index contributed by atoms with van der Waals surface area (Å²) in [6, 6.07) is 14.7. The first kappa shape index (κ1) is 19.2. The number of hydrogen-bond acceptors (Lipinski definition) is 4. The van der Waals surface area contributed by atoms with Crippen LogP contribution in [0.25, 0.3) is 11.4 Å². The summed E-state index contributed by atoms with van der Waals surface area (Å²) in [5, 5.41) is 3.63. The van der Waals surface area contributed by atoms with Crippen molar-refractivity contribution >= 4 is 23.3 Å². The summed E-state index contributed by atoms with van der Waals surface area (Å²) in [6.07, 6.45) is 2.48. The van der Waals surface area contributed by atoms with Gasteiger partial charge < -0.3 is 15.0 Å². The average Bonchev–Trinajstić information content (AvgIpc) is 2.75. The number of benzene rings is 2. The van der Waals surface area contributed by atoms with E-state index < -0.39 is 0 Å². The van der Waals surface area contributed by atoms with E-state index in [4.69, 9.17) is 21.3 Å². The average molecular weight is 409 g/mol. The lowest BCUT2D eigenvalue weighted by Gasteiger charge is -2.28. The molecule has 3 aromatic rings. The van der Waals surface area contributed by atoms with Crippen LogP contribution in [-0.2, 0) is 13.0 Å². The van der Waals surface area contributed by atoms with E-state index in [0.29, 0.717) is 48.4 Å². The van der Waals surface area contributed by atoms with Crippen LogP contribution in [-0.4, -0.2) is 34.1 Å². The molecule has 0 fully saturated rings. The Balaban J connectivity index is 1.47. The van der Waals surface area contributed by atoms with Gasteiger partial charge in [-0.3, -0.25) is 0 Å². The molecule has 1 N–H and O–H groups in total. The molecule has 0 bridgehead atoms. The molecule has 4 rings (SSSR count). The Morgan fingerprint density at radius 3 is 2.79 bits per heavy atom. The van der Waals surface area contributed by atoms with Gasteiger partial charge in [-0.15, -0.1) is 0 Å². The highest BCUT2D eigenvalue weighted by Gasteiger charge is 2.23.